The number of anilines is 1. The maximum Gasteiger partial charge on any atom is 0.0774 e. The van der Waals surface area contributed by atoms with Gasteiger partial charge in [-0.15, -0.1) is 0 Å². The Bertz CT molecular complexity index is 711. The smallest absolute Gasteiger partial charge is 0.0774 e. The molecule has 0 aliphatic carbocycles. The van der Waals surface area contributed by atoms with E-state index in [9.17, 15) is 0 Å². The van der Waals surface area contributed by atoms with E-state index in [2.05, 4.69) is 72.0 Å². The average molecular weight is 231 g/mol. The van der Waals surface area contributed by atoms with Crippen molar-refractivity contribution in [3.63, 3.8) is 0 Å². The normalized spacial score (nSPS) is 16.8. The van der Waals surface area contributed by atoms with Crippen molar-refractivity contribution in [2.24, 2.45) is 0 Å². The van der Waals surface area contributed by atoms with E-state index in [-0.39, 0.29) is 6.04 Å². The van der Waals surface area contributed by atoms with Crippen LogP contribution in [-0.2, 0) is 0 Å². The standard InChI is InChI=1S/C17H13N/c1-2-6-13(7-3-1)17-14-10-4-8-12-9-5-11-15(18-17)16(12)14/h1-11,17-18H. The molecule has 0 aromatic heterocycles. The van der Waals surface area contributed by atoms with Crippen molar-refractivity contribution in [1.29, 1.82) is 0 Å². The van der Waals surface area contributed by atoms with Crippen LogP contribution in [-0.4, -0.2) is 0 Å². The maximum absolute atomic E-state index is 3.62. The molecule has 1 heteroatoms. The highest BCUT2D eigenvalue weighted by molar-refractivity contribution is 6.00. The van der Waals surface area contributed by atoms with Gasteiger partial charge in [-0.25, -0.2) is 0 Å². The van der Waals surface area contributed by atoms with Gasteiger partial charge in [-0.1, -0.05) is 60.7 Å². The Balaban J connectivity index is 1.97. The van der Waals surface area contributed by atoms with Gasteiger partial charge >= 0.3 is 0 Å². The summed E-state index contributed by atoms with van der Waals surface area (Å²) >= 11 is 0. The maximum atomic E-state index is 3.62. The van der Waals surface area contributed by atoms with Crippen LogP contribution in [0.15, 0.2) is 66.7 Å². The highest BCUT2D eigenvalue weighted by Crippen LogP contribution is 2.41. The predicted octanol–water partition coefficient (Wildman–Crippen LogP) is 4.35. The van der Waals surface area contributed by atoms with Crippen LogP contribution in [0.4, 0.5) is 5.69 Å². The van der Waals surface area contributed by atoms with Crippen molar-refractivity contribution in [2.75, 3.05) is 5.32 Å². The van der Waals surface area contributed by atoms with E-state index in [1.54, 1.807) is 0 Å². The Morgan fingerprint density at radius 1 is 0.722 bits per heavy atom. The third-order valence-corrected chi connectivity index (χ3v) is 3.68. The lowest BCUT2D eigenvalue weighted by atomic mass is 9.97. The van der Waals surface area contributed by atoms with Gasteiger partial charge in [0, 0.05) is 11.1 Å². The molecule has 1 aliphatic rings. The van der Waals surface area contributed by atoms with Crippen molar-refractivity contribution in [3.8, 4) is 0 Å². The number of benzene rings is 3. The molecule has 1 N–H and O–H groups in total. The zero-order valence-electron chi connectivity index (χ0n) is 9.93. The summed E-state index contributed by atoms with van der Waals surface area (Å²) in [7, 11) is 0. The van der Waals surface area contributed by atoms with Gasteiger partial charge in [0.05, 0.1) is 6.04 Å². The van der Waals surface area contributed by atoms with Crippen LogP contribution in [0.2, 0.25) is 0 Å². The molecular formula is C17H13N. The molecule has 0 saturated heterocycles. The fourth-order valence-electron chi connectivity index (χ4n) is 2.87. The average Bonchev–Trinajstić information content (AvgIpc) is 2.82. The summed E-state index contributed by atoms with van der Waals surface area (Å²) in [4.78, 5) is 0. The molecule has 3 aromatic rings. The topological polar surface area (TPSA) is 12.0 Å². The first-order valence-electron chi connectivity index (χ1n) is 6.26. The quantitative estimate of drug-likeness (QED) is 0.656. The van der Waals surface area contributed by atoms with Gasteiger partial charge in [0.2, 0.25) is 0 Å². The van der Waals surface area contributed by atoms with Crippen molar-refractivity contribution >= 4 is 16.5 Å². The Hall–Kier alpha value is -2.28. The number of nitrogens with one attached hydrogen (secondary N) is 1. The van der Waals surface area contributed by atoms with E-state index in [1.807, 2.05) is 0 Å². The monoisotopic (exact) mass is 231 g/mol. The van der Waals surface area contributed by atoms with Gasteiger partial charge in [0.15, 0.2) is 0 Å². The van der Waals surface area contributed by atoms with E-state index >= 15 is 0 Å². The van der Waals surface area contributed by atoms with Crippen LogP contribution in [0.1, 0.15) is 17.2 Å². The zero-order valence-corrected chi connectivity index (χ0v) is 9.93. The third kappa shape index (κ3) is 1.28. The molecule has 0 spiro atoms. The predicted molar refractivity (Wildman–Crippen MR) is 75.9 cm³/mol. The second-order valence-electron chi connectivity index (χ2n) is 4.74. The number of hydrogen-bond acceptors (Lipinski definition) is 1. The highest BCUT2D eigenvalue weighted by Gasteiger charge is 2.24. The Morgan fingerprint density at radius 3 is 2.33 bits per heavy atom. The molecule has 0 fully saturated rings. The summed E-state index contributed by atoms with van der Waals surface area (Å²) in [5, 5.41) is 6.31. The summed E-state index contributed by atoms with van der Waals surface area (Å²) in [5.41, 5.74) is 3.95. The van der Waals surface area contributed by atoms with Gasteiger partial charge < -0.3 is 5.32 Å². The van der Waals surface area contributed by atoms with Crippen LogP contribution in [0.5, 0.6) is 0 Å². The van der Waals surface area contributed by atoms with E-state index < -0.39 is 0 Å². The Kier molecular flexibility index (Phi) is 1.95. The van der Waals surface area contributed by atoms with Gasteiger partial charge in [-0.3, -0.25) is 0 Å². The van der Waals surface area contributed by atoms with Gasteiger partial charge in [0.1, 0.15) is 0 Å². The first kappa shape index (κ1) is 9.72. The molecule has 1 nitrogen and oxygen atoms in total. The summed E-state index contributed by atoms with van der Waals surface area (Å²) in [6, 6.07) is 23.9. The number of rotatable bonds is 1. The molecule has 3 aromatic carbocycles. The molecule has 18 heavy (non-hydrogen) atoms. The third-order valence-electron chi connectivity index (χ3n) is 3.68. The van der Waals surface area contributed by atoms with Gasteiger partial charge in [-0.2, -0.15) is 0 Å². The molecular weight excluding hydrogens is 218 g/mol. The van der Waals surface area contributed by atoms with Crippen molar-refractivity contribution in [3.05, 3.63) is 77.9 Å². The minimum atomic E-state index is 0.285. The van der Waals surface area contributed by atoms with E-state index in [0.717, 1.165) is 0 Å². The largest absolute Gasteiger partial charge is 0.374 e. The summed E-state index contributed by atoms with van der Waals surface area (Å²) < 4.78 is 0. The van der Waals surface area contributed by atoms with Crippen LogP contribution >= 0.6 is 0 Å². The Morgan fingerprint density at radius 2 is 1.50 bits per heavy atom. The molecule has 1 unspecified atom stereocenters. The fourth-order valence-corrected chi connectivity index (χ4v) is 2.87. The van der Waals surface area contributed by atoms with Crippen LogP contribution in [0.25, 0.3) is 10.8 Å². The van der Waals surface area contributed by atoms with Crippen LogP contribution < -0.4 is 5.32 Å². The number of hydrogen-bond donors (Lipinski definition) is 1. The molecule has 1 heterocycles. The van der Waals surface area contributed by atoms with Gasteiger partial charge in [-0.05, 0) is 22.6 Å². The van der Waals surface area contributed by atoms with Crippen molar-refractivity contribution in [1.82, 2.24) is 0 Å². The molecule has 0 amide bonds. The SMILES string of the molecule is c1ccc(C2Nc3cccc4cccc2c34)cc1. The summed E-state index contributed by atoms with van der Waals surface area (Å²) in [5.74, 6) is 0. The summed E-state index contributed by atoms with van der Waals surface area (Å²) in [6.45, 7) is 0. The second kappa shape index (κ2) is 3.61. The molecule has 86 valence electrons. The molecule has 0 bridgehead atoms. The van der Waals surface area contributed by atoms with E-state index in [1.165, 1.54) is 27.6 Å². The lowest BCUT2D eigenvalue weighted by Crippen LogP contribution is -2.05. The second-order valence-corrected chi connectivity index (χ2v) is 4.74. The molecule has 1 atom stereocenters. The minimum Gasteiger partial charge on any atom is -0.374 e. The lowest BCUT2D eigenvalue weighted by molar-refractivity contribution is 0.978. The van der Waals surface area contributed by atoms with E-state index in [0.29, 0.717) is 0 Å². The minimum absolute atomic E-state index is 0.285. The lowest BCUT2D eigenvalue weighted by Gasteiger charge is -2.13. The first-order valence-corrected chi connectivity index (χ1v) is 6.26. The summed E-state index contributed by atoms with van der Waals surface area (Å²) in [6.07, 6.45) is 0. The van der Waals surface area contributed by atoms with E-state index in [4.69, 9.17) is 0 Å². The highest BCUT2D eigenvalue weighted by atomic mass is 14.9. The Labute approximate surface area is 106 Å². The molecule has 1 aliphatic heterocycles. The molecule has 0 saturated carbocycles. The van der Waals surface area contributed by atoms with Crippen LogP contribution in [0.3, 0.4) is 0 Å². The first-order chi connectivity index (χ1) is 8.93. The molecule has 0 radical (unpaired) electrons. The zero-order chi connectivity index (χ0) is 11.9. The van der Waals surface area contributed by atoms with Gasteiger partial charge in [0.25, 0.3) is 0 Å². The molecule has 4 rings (SSSR count). The van der Waals surface area contributed by atoms with Crippen molar-refractivity contribution < 1.29 is 0 Å². The fraction of sp³-hybridized carbons (Fsp3) is 0.0588. The van der Waals surface area contributed by atoms with Crippen LogP contribution in [0, 0.1) is 0 Å². The van der Waals surface area contributed by atoms with Crippen molar-refractivity contribution in [2.45, 2.75) is 6.04 Å².